The van der Waals surface area contributed by atoms with Crippen LogP contribution in [0.5, 0.6) is 5.75 Å². The molecule has 1 heterocycles. The summed E-state index contributed by atoms with van der Waals surface area (Å²) in [5.41, 5.74) is 0.949. The maximum Gasteiger partial charge on any atom is 0.224 e. The van der Waals surface area contributed by atoms with Crippen molar-refractivity contribution >= 4 is 5.91 Å². The lowest BCUT2D eigenvalue weighted by Gasteiger charge is -2.19. The fourth-order valence-electron chi connectivity index (χ4n) is 2.31. The molecule has 0 aromatic heterocycles. The first kappa shape index (κ1) is 12.9. The van der Waals surface area contributed by atoms with Crippen molar-refractivity contribution in [3.05, 3.63) is 29.8 Å². The Morgan fingerprint density at radius 1 is 1.56 bits per heavy atom. The average Bonchev–Trinajstić information content (AvgIpc) is 2.81. The zero-order chi connectivity index (χ0) is 13.0. The molecule has 4 nitrogen and oxygen atoms in total. The quantitative estimate of drug-likeness (QED) is 0.849. The van der Waals surface area contributed by atoms with Crippen molar-refractivity contribution in [1.29, 1.82) is 0 Å². The molecule has 0 aliphatic carbocycles. The number of nitrogens with one attached hydrogen (secondary N) is 1. The first-order valence-electron chi connectivity index (χ1n) is 6.40. The summed E-state index contributed by atoms with van der Waals surface area (Å²) in [5.74, 6) is 0.392. The van der Waals surface area contributed by atoms with E-state index >= 15 is 0 Å². The van der Waals surface area contributed by atoms with Gasteiger partial charge in [-0.25, -0.2) is 0 Å². The van der Waals surface area contributed by atoms with Crippen molar-refractivity contribution in [2.24, 2.45) is 0 Å². The number of carbonyl (C=O) groups excluding carboxylic acids is 1. The van der Waals surface area contributed by atoms with E-state index in [1.54, 1.807) is 30.1 Å². The molecule has 1 fully saturated rings. The zero-order valence-corrected chi connectivity index (χ0v) is 10.7. The molecule has 18 heavy (non-hydrogen) atoms. The van der Waals surface area contributed by atoms with Gasteiger partial charge in [-0.05, 0) is 37.1 Å². The van der Waals surface area contributed by atoms with Crippen molar-refractivity contribution in [2.45, 2.75) is 31.8 Å². The lowest BCUT2D eigenvalue weighted by Crippen LogP contribution is -2.33. The van der Waals surface area contributed by atoms with Crippen LogP contribution >= 0.6 is 0 Å². The molecular formula is C14H20N2O2. The molecule has 1 atom stereocenters. The highest BCUT2D eigenvalue weighted by Crippen LogP contribution is 2.14. The van der Waals surface area contributed by atoms with Gasteiger partial charge in [0.15, 0.2) is 0 Å². The summed E-state index contributed by atoms with van der Waals surface area (Å²) in [6.45, 7) is 1.56. The molecule has 4 heteroatoms. The SMILES string of the molecule is CN(Cc1cccc(O)c1)C(=O)CC1CCCN1. The van der Waals surface area contributed by atoms with Crippen LogP contribution in [0.15, 0.2) is 24.3 Å². The fourth-order valence-corrected chi connectivity index (χ4v) is 2.31. The molecular weight excluding hydrogens is 228 g/mol. The van der Waals surface area contributed by atoms with Gasteiger partial charge in [0.2, 0.25) is 5.91 Å². The molecule has 2 rings (SSSR count). The molecule has 0 radical (unpaired) electrons. The Kier molecular flexibility index (Phi) is 4.20. The van der Waals surface area contributed by atoms with E-state index in [1.807, 2.05) is 6.07 Å². The van der Waals surface area contributed by atoms with Gasteiger partial charge in [-0.3, -0.25) is 4.79 Å². The molecule has 0 saturated carbocycles. The highest BCUT2D eigenvalue weighted by Gasteiger charge is 2.19. The molecule has 1 aliphatic rings. The third kappa shape index (κ3) is 3.47. The van der Waals surface area contributed by atoms with E-state index in [4.69, 9.17) is 0 Å². The third-order valence-electron chi connectivity index (χ3n) is 3.34. The summed E-state index contributed by atoms with van der Waals surface area (Å²) in [6.07, 6.45) is 2.81. The summed E-state index contributed by atoms with van der Waals surface area (Å²) < 4.78 is 0. The van der Waals surface area contributed by atoms with Crippen LogP contribution in [0, 0.1) is 0 Å². The Hall–Kier alpha value is -1.55. The molecule has 1 amide bonds. The summed E-state index contributed by atoms with van der Waals surface area (Å²) >= 11 is 0. The highest BCUT2D eigenvalue weighted by atomic mass is 16.3. The van der Waals surface area contributed by atoms with Gasteiger partial charge in [0.1, 0.15) is 5.75 Å². The topological polar surface area (TPSA) is 52.6 Å². The van der Waals surface area contributed by atoms with Crippen LogP contribution in [0.1, 0.15) is 24.8 Å². The molecule has 1 saturated heterocycles. The molecule has 1 unspecified atom stereocenters. The summed E-state index contributed by atoms with van der Waals surface area (Å²) in [4.78, 5) is 13.7. The van der Waals surface area contributed by atoms with Crippen molar-refractivity contribution in [3.8, 4) is 5.75 Å². The minimum Gasteiger partial charge on any atom is -0.508 e. The first-order valence-corrected chi connectivity index (χ1v) is 6.40. The van der Waals surface area contributed by atoms with Gasteiger partial charge >= 0.3 is 0 Å². The van der Waals surface area contributed by atoms with E-state index in [2.05, 4.69) is 5.32 Å². The van der Waals surface area contributed by atoms with Gasteiger partial charge in [-0.15, -0.1) is 0 Å². The van der Waals surface area contributed by atoms with Crippen molar-refractivity contribution < 1.29 is 9.90 Å². The molecule has 2 N–H and O–H groups in total. The van der Waals surface area contributed by atoms with E-state index in [-0.39, 0.29) is 11.7 Å². The van der Waals surface area contributed by atoms with E-state index in [0.29, 0.717) is 19.0 Å². The number of nitrogens with zero attached hydrogens (tertiary/aromatic N) is 1. The van der Waals surface area contributed by atoms with Gasteiger partial charge in [0.25, 0.3) is 0 Å². The number of phenols is 1. The number of hydrogen-bond acceptors (Lipinski definition) is 3. The summed E-state index contributed by atoms with van der Waals surface area (Å²) in [5, 5.41) is 12.7. The third-order valence-corrected chi connectivity index (χ3v) is 3.34. The summed E-state index contributed by atoms with van der Waals surface area (Å²) in [6, 6.07) is 7.37. The number of aromatic hydroxyl groups is 1. The zero-order valence-electron chi connectivity index (χ0n) is 10.7. The van der Waals surface area contributed by atoms with Gasteiger partial charge < -0.3 is 15.3 Å². The normalized spacial score (nSPS) is 18.8. The van der Waals surface area contributed by atoms with Crippen LogP contribution in [0.2, 0.25) is 0 Å². The minimum absolute atomic E-state index is 0.151. The monoisotopic (exact) mass is 248 g/mol. The van der Waals surface area contributed by atoms with E-state index in [9.17, 15) is 9.90 Å². The molecule has 0 bridgehead atoms. The Labute approximate surface area is 108 Å². The molecule has 98 valence electrons. The van der Waals surface area contributed by atoms with Crippen LogP contribution < -0.4 is 5.32 Å². The number of amides is 1. The number of phenolic OH excluding ortho intramolecular Hbond substituents is 1. The molecule has 1 aromatic rings. The average molecular weight is 248 g/mol. The number of rotatable bonds is 4. The second-order valence-electron chi connectivity index (χ2n) is 4.92. The second-order valence-corrected chi connectivity index (χ2v) is 4.92. The van der Waals surface area contributed by atoms with Crippen LogP contribution in [0.3, 0.4) is 0 Å². The number of carbonyl (C=O) groups is 1. The maximum absolute atomic E-state index is 12.0. The largest absolute Gasteiger partial charge is 0.508 e. The standard InChI is InChI=1S/C14H20N2O2/c1-16(10-11-4-2-6-13(17)8-11)14(18)9-12-5-3-7-15-12/h2,4,6,8,12,15,17H,3,5,7,9-10H2,1H3. The number of benzene rings is 1. The maximum atomic E-state index is 12.0. The van der Waals surface area contributed by atoms with Crippen LogP contribution in [-0.2, 0) is 11.3 Å². The lowest BCUT2D eigenvalue weighted by molar-refractivity contribution is -0.130. The molecule has 1 aromatic carbocycles. The van der Waals surface area contributed by atoms with E-state index < -0.39 is 0 Å². The van der Waals surface area contributed by atoms with Gasteiger partial charge in [-0.2, -0.15) is 0 Å². The van der Waals surface area contributed by atoms with Crippen LogP contribution in [0.25, 0.3) is 0 Å². The Bertz CT molecular complexity index is 414. The fraction of sp³-hybridized carbons (Fsp3) is 0.500. The highest BCUT2D eigenvalue weighted by molar-refractivity contribution is 5.76. The van der Waals surface area contributed by atoms with E-state index in [0.717, 1.165) is 24.9 Å². The lowest BCUT2D eigenvalue weighted by atomic mass is 10.1. The summed E-state index contributed by atoms with van der Waals surface area (Å²) in [7, 11) is 1.81. The van der Waals surface area contributed by atoms with Crippen molar-refractivity contribution in [1.82, 2.24) is 10.2 Å². The van der Waals surface area contributed by atoms with Gasteiger partial charge in [0, 0.05) is 26.1 Å². The predicted octanol–water partition coefficient (Wildman–Crippen LogP) is 1.49. The first-order chi connectivity index (χ1) is 8.65. The van der Waals surface area contributed by atoms with Crippen LogP contribution in [0.4, 0.5) is 0 Å². The number of hydrogen-bond donors (Lipinski definition) is 2. The van der Waals surface area contributed by atoms with Crippen LogP contribution in [-0.4, -0.2) is 35.5 Å². The molecule has 1 aliphatic heterocycles. The van der Waals surface area contributed by atoms with Gasteiger partial charge in [0.05, 0.1) is 0 Å². The second kappa shape index (κ2) is 5.87. The van der Waals surface area contributed by atoms with Crippen molar-refractivity contribution in [3.63, 3.8) is 0 Å². The predicted molar refractivity (Wildman–Crippen MR) is 70.2 cm³/mol. The van der Waals surface area contributed by atoms with Gasteiger partial charge in [-0.1, -0.05) is 12.1 Å². The molecule has 0 spiro atoms. The Morgan fingerprint density at radius 2 is 2.39 bits per heavy atom. The Morgan fingerprint density at radius 3 is 3.06 bits per heavy atom. The van der Waals surface area contributed by atoms with Crippen molar-refractivity contribution in [2.75, 3.05) is 13.6 Å². The smallest absolute Gasteiger partial charge is 0.224 e. The van der Waals surface area contributed by atoms with E-state index in [1.165, 1.54) is 0 Å². The minimum atomic E-state index is 0.151. The Balaban J connectivity index is 1.86.